The van der Waals surface area contributed by atoms with Crippen molar-refractivity contribution in [2.45, 2.75) is 6.54 Å². The molecular formula is C18H14N4S. The van der Waals surface area contributed by atoms with E-state index in [2.05, 4.69) is 37.8 Å². The fourth-order valence-corrected chi connectivity index (χ4v) is 3.44. The van der Waals surface area contributed by atoms with Gasteiger partial charge in [0.2, 0.25) is 0 Å². The van der Waals surface area contributed by atoms with Gasteiger partial charge in [0.1, 0.15) is 17.0 Å². The molecule has 3 aromatic heterocycles. The van der Waals surface area contributed by atoms with Gasteiger partial charge >= 0.3 is 0 Å². The number of hydrogen-bond donors (Lipinski definition) is 1. The van der Waals surface area contributed by atoms with Crippen LogP contribution in [0.2, 0.25) is 0 Å². The fraction of sp³-hybridized carbons (Fsp3) is 0.0556. The summed E-state index contributed by atoms with van der Waals surface area (Å²) >= 11 is 1.64. The van der Waals surface area contributed by atoms with E-state index in [0.29, 0.717) is 6.54 Å². The van der Waals surface area contributed by atoms with Gasteiger partial charge in [0.15, 0.2) is 0 Å². The summed E-state index contributed by atoms with van der Waals surface area (Å²) in [5.41, 5.74) is 3.47. The second kappa shape index (κ2) is 6.14. The van der Waals surface area contributed by atoms with Crippen LogP contribution in [0.15, 0.2) is 66.6 Å². The Balaban J connectivity index is 1.73. The molecule has 4 rings (SSSR count). The van der Waals surface area contributed by atoms with Gasteiger partial charge in [-0.25, -0.2) is 9.97 Å². The molecule has 4 nitrogen and oxygen atoms in total. The minimum Gasteiger partial charge on any atom is -0.365 e. The zero-order valence-electron chi connectivity index (χ0n) is 12.3. The van der Waals surface area contributed by atoms with E-state index in [1.54, 1.807) is 23.9 Å². The summed E-state index contributed by atoms with van der Waals surface area (Å²) in [6, 6.07) is 14.3. The number of nitrogens with one attached hydrogen (secondary N) is 1. The lowest BCUT2D eigenvalue weighted by Crippen LogP contribution is -2.02. The monoisotopic (exact) mass is 318 g/mol. The van der Waals surface area contributed by atoms with Crippen molar-refractivity contribution in [2.24, 2.45) is 0 Å². The maximum atomic E-state index is 4.44. The van der Waals surface area contributed by atoms with Gasteiger partial charge in [0.25, 0.3) is 0 Å². The van der Waals surface area contributed by atoms with Crippen molar-refractivity contribution in [1.82, 2.24) is 15.0 Å². The van der Waals surface area contributed by atoms with Crippen LogP contribution in [0, 0.1) is 0 Å². The summed E-state index contributed by atoms with van der Waals surface area (Å²) in [6.45, 7) is 0.685. The maximum Gasteiger partial charge on any atom is 0.139 e. The van der Waals surface area contributed by atoms with Crippen LogP contribution in [0.3, 0.4) is 0 Å². The molecule has 3 heterocycles. The van der Waals surface area contributed by atoms with Crippen molar-refractivity contribution in [1.29, 1.82) is 0 Å². The van der Waals surface area contributed by atoms with Gasteiger partial charge in [-0.05, 0) is 17.2 Å². The molecule has 0 aliphatic carbocycles. The molecule has 0 bridgehead atoms. The lowest BCUT2D eigenvalue weighted by molar-refractivity contribution is 1.08. The SMILES string of the molecule is c1ccc(-c2csc3ncnc(NCc4cccnc4)c23)cc1. The summed E-state index contributed by atoms with van der Waals surface area (Å²) in [5.74, 6) is 0.860. The molecule has 0 aliphatic heterocycles. The number of hydrogen-bond acceptors (Lipinski definition) is 5. The summed E-state index contributed by atoms with van der Waals surface area (Å²) in [7, 11) is 0. The minimum atomic E-state index is 0.685. The highest BCUT2D eigenvalue weighted by Crippen LogP contribution is 2.36. The second-order valence-corrected chi connectivity index (χ2v) is 5.99. The Labute approximate surface area is 137 Å². The van der Waals surface area contributed by atoms with Gasteiger partial charge in [-0.15, -0.1) is 11.3 Å². The number of rotatable bonds is 4. The number of aromatic nitrogens is 3. The van der Waals surface area contributed by atoms with Crippen LogP contribution in [0.1, 0.15) is 5.56 Å². The summed E-state index contributed by atoms with van der Waals surface area (Å²) in [6.07, 6.45) is 5.25. The van der Waals surface area contributed by atoms with E-state index in [-0.39, 0.29) is 0 Å². The van der Waals surface area contributed by atoms with Crippen molar-refractivity contribution in [3.05, 3.63) is 72.1 Å². The molecule has 1 N–H and O–H groups in total. The summed E-state index contributed by atoms with van der Waals surface area (Å²) in [5, 5.41) is 6.64. The summed E-state index contributed by atoms with van der Waals surface area (Å²) in [4.78, 5) is 14.0. The molecule has 5 heteroatoms. The van der Waals surface area contributed by atoms with Gasteiger partial charge in [0, 0.05) is 29.9 Å². The summed E-state index contributed by atoms with van der Waals surface area (Å²) < 4.78 is 0. The molecule has 0 fully saturated rings. The Morgan fingerprint density at radius 1 is 1.00 bits per heavy atom. The molecule has 0 aliphatic rings. The smallest absolute Gasteiger partial charge is 0.139 e. The fourth-order valence-electron chi connectivity index (χ4n) is 2.53. The van der Waals surface area contributed by atoms with E-state index >= 15 is 0 Å². The van der Waals surface area contributed by atoms with E-state index in [4.69, 9.17) is 0 Å². The highest BCUT2D eigenvalue weighted by molar-refractivity contribution is 7.17. The van der Waals surface area contributed by atoms with Crippen LogP contribution in [-0.2, 0) is 6.54 Å². The van der Waals surface area contributed by atoms with Crippen molar-refractivity contribution in [2.75, 3.05) is 5.32 Å². The second-order valence-electron chi connectivity index (χ2n) is 5.13. The van der Waals surface area contributed by atoms with Crippen molar-refractivity contribution in [3.63, 3.8) is 0 Å². The Hall–Kier alpha value is -2.79. The Kier molecular flexibility index (Phi) is 3.70. The molecule has 0 saturated heterocycles. The largest absolute Gasteiger partial charge is 0.365 e. The molecule has 112 valence electrons. The number of thiophene rings is 1. The molecule has 0 spiro atoms. The first-order chi connectivity index (χ1) is 11.4. The molecule has 0 radical (unpaired) electrons. The van der Waals surface area contributed by atoms with Gasteiger partial charge in [-0.3, -0.25) is 4.98 Å². The molecule has 0 atom stereocenters. The van der Waals surface area contributed by atoms with Gasteiger partial charge in [0.05, 0.1) is 5.39 Å². The first-order valence-corrected chi connectivity index (χ1v) is 8.20. The van der Waals surface area contributed by atoms with Gasteiger partial charge in [-0.1, -0.05) is 36.4 Å². The van der Waals surface area contributed by atoms with E-state index in [1.807, 2.05) is 36.5 Å². The van der Waals surface area contributed by atoms with E-state index in [0.717, 1.165) is 21.6 Å². The number of anilines is 1. The van der Waals surface area contributed by atoms with Crippen LogP contribution in [-0.4, -0.2) is 15.0 Å². The maximum absolute atomic E-state index is 4.44. The molecule has 23 heavy (non-hydrogen) atoms. The molecule has 1 aromatic carbocycles. The van der Waals surface area contributed by atoms with E-state index < -0.39 is 0 Å². The van der Waals surface area contributed by atoms with Crippen LogP contribution >= 0.6 is 11.3 Å². The zero-order chi connectivity index (χ0) is 15.5. The predicted molar refractivity (Wildman–Crippen MR) is 94.4 cm³/mol. The molecule has 0 unspecified atom stereocenters. The first-order valence-electron chi connectivity index (χ1n) is 7.32. The van der Waals surface area contributed by atoms with Crippen LogP contribution in [0.25, 0.3) is 21.3 Å². The van der Waals surface area contributed by atoms with Crippen LogP contribution < -0.4 is 5.32 Å². The van der Waals surface area contributed by atoms with Crippen molar-refractivity contribution < 1.29 is 0 Å². The standard InChI is InChI=1S/C18H14N4S/c1-2-6-14(7-3-1)15-11-23-18-16(15)17(21-12-22-18)20-10-13-5-4-8-19-9-13/h1-9,11-12H,10H2,(H,20,21,22). The third kappa shape index (κ3) is 2.78. The zero-order valence-corrected chi connectivity index (χ0v) is 13.1. The quantitative estimate of drug-likeness (QED) is 0.607. The highest BCUT2D eigenvalue weighted by atomic mass is 32.1. The number of benzene rings is 1. The first kappa shape index (κ1) is 13.8. The lowest BCUT2D eigenvalue weighted by atomic mass is 10.1. The van der Waals surface area contributed by atoms with Crippen LogP contribution in [0.5, 0.6) is 0 Å². The third-order valence-electron chi connectivity index (χ3n) is 3.64. The van der Waals surface area contributed by atoms with Crippen LogP contribution in [0.4, 0.5) is 5.82 Å². The molecule has 0 saturated carbocycles. The normalized spacial score (nSPS) is 10.8. The van der Waals surface area contributed by atoms with Gasteiger partial charge in [-0.2, -0.15) is 0 Å². The number of fused-ring (bicyclic) bond motifs is 1. The Morgan fingerprint density at radius 3 is 2.74 bits per heavy atom. The molecular weight excluding hydrogens is 304 g/mol. The minimum absolute atomic E-state index is 0.685. The molecule has 0 amide bonds. The number of nitrogens with zero attached hydrogens (tertiary/aromatic N) is 3. The van der Waals surface area contributed by atoms with Crippen molar-refractivity contribution in [3.8, 4) is 11.1 Å². The van der Waals surface area contributed by atoms with Crippen molar-refractivity contribution >= 4 is 27.4 Å². The lowest BCUT2D eigenvalue weighted by Gasteiger charge is -2.08. The number of pyridine rings is 1. The molecule has 4 aromatic rings. The third-order valence-corrected chi connectivity index (χ3v) is 4.52. The van der Waals surface area contributed by atoms with E-state index in [1.165, 1.54) is 11.1 Å². The van der Waals surface area contributed by atoms with E-state index in [9.17, 15) is 0 Å². The Morgan fingerprint density at radius 2 is 1.91 bits per heavy atom. The average Bonchev–Trinajstić information content (AvgIpc) is 3.06. The average molecular weight is 318 g/mol. The topological polar surface area (TPSA) is 50.7 Å². The predicted octanol–water partition coefficient (Wildman–Crippen LogP) is 4.37. The van der Waals surface area contributed by atoms with Gasteiger partial charge < -0.3 is 5.32 Å². The highest BCUT2D eigenvalue weighted by Gasteiger charge is 2.12. The Bertz CT molecular complexity index is 920.